The van der Waals surface area contributed by atoms with Crippen molar-refractivity contribution in [3.05, 3.63) is 35.4 Å². The number of rotatable bonds is 12. The molecule has 5 nitrogen and oxygen atoms in total. The molecule has 0 bridgehead atoms. The second-order valence-electron chi connectivity index (χ2n) is 5.54. The molecule has 0 aromatic heterocycles. The molecule has 0 fully saturated rings. The lowest BCUT2D eigenvalue weighted by atomic mass is 10.1. The lowest BCUT2D eigenvalue weighted by Crippen LogP contribution is -2.12. The summed E-state index contributed by atoms with van der Waals surface area (Å²) in [4.78, 5) is 22.9. The third-order valence-corrected chi connectivity index (χ3v) is 3.66. The highest BCUT2D eigenvalue weighted by molar-refractivity contribution is 6.02. The van der Waals surface area contributed by atoms with Crippen LogP contribution in [0.2, 0.25) is 0 Å². The van der Waals surface area contributed by atoms with Crippen molar-refractivity contribution in [3.63, 3.8) is 0 Å². The van der Waals surface area contributed by atoms with Gasteiger partial charge in [0.2, 0.25) is 0 Å². The zero-order valence-corrected chi connectivity index (χ0v) is 13.5. The van der Waals surface area contributed by atoms with Crippen LogP contribution < -0.4 is 0 Å². The molecule has 128 valence electrons. The van der Waals surface area contributed by atoms with Crippen molar-refractivity contribution >= 4 is 11.9 Å². The first-order valence-electron chi connectivity index (χ1n) is 8.27. The van der Waals surface area contributed by atoms with Crippen LogP contribution >= 0.6 is 0 Å². The van der Waals surface area contributed by atoms with Gasteiger partial charge in [-0.05, 0) is 25.0 Å². The largest absolute Gasteiger partial charge is 0.478 e. The summed E-state index contributed by atoms with van der Waals surface area (Å²) in [6.45, 7) is 0.591. The van der Waals surface area contributed by atoms with Gasteiger partial charge in [-0.1, -0.05) is 50.7 Å². The zero-order valence-electron chi connectivity index (χ0n) is 13.5. The number of carboxylic acid groups (broad SMARTS) is 1. The summed E-state index contributed by atoms with van der Waals surface area (Å²) in [5.74, 6) is -1.70. The minimum absolute atomic E-state index is 0.0274. The van der Waals surface area contributed by atoms with Crippen molar-refractivity contribution in [3.8, 4) is 0 Å². The predicted octanol–water partition coefficient (Wildman–Crippen LogP) is 3.65. The van der Waals surface area contributed by atoms with Crippen LogP contribution in [0.1, 0.15) is 72.1 Å². The molecule has 0 saturated carbocycles. The fourth-order valence-corrected chi connectivity index (χ4v) is 2.36. The molecule has 5 heteroatoms. The number of aliphatic hydroxyl groups is 1. The molecule has 0 aliphatic rings. The van der Waals surface area contributed by atoms with Gasteiger partial charge >= 0.3 is 11.9 Å². The maximum atomic E-state index is 11.9. The van der Waals surface area contributed by atoms with E-state index in [4.69, 9.17) is 14.9 Å². The SMILES string of the molecule is O=C(O)c1ccccc1C(=O)OCCCCCCCCCCO. The number of aliphatic hydroxyl groups excluding tert-OH is 1. The Bertz CT molecular complexity index is 484. The third-order valence-electron chi connectivity index (χ3n) is 3.66. The van der Waals surface area contributed by atoms with Gasteiger partial charge in [0.25, 0.3) is 0 Å². The summed E-state index contributed by atoms with van der Waals surface area (Å²) in [5.41, 5.74) is 0.0734. The smallest absolute Gasteiger partial charge is 0.339 e. The number of unbranched alkanes of at least 4 members (excludes halogenated alkanes) is 7. The fourth-order valence-electron chi connectivity index (χ4n) is 2.36. The summed E-state index contributed by atoms with van der Waals surface area (Å²) in [5, 5.41) is 17.7. The van der Waals surface area contributed by atoms with Gasteiger partial charge in [-0.3, -0.25) is 0 Å². The molecular formula is C18H26O5. The average Bonchev–Trinajstić information content (AvgIpc) is 2.56. The van der Waals surface area contributed by atoms with Crippen molar-refractivity contribution in [1.29, 1.82) is 0 Å². The van der Waals surface area contributed by atoms with Crippen molar-refractivity contribution in [2.75, 3.05) is 13.2 Å². The maximum absolute atomic E-state index is 11.9. The van der Waals surface area contributed by atoms with Gasteiger partial charge in [-0.15, -0.1) is 0 Å². The second kappa shape index (κ2) is 11.7. The Morgan fingerprint density at radius 1 is 0.826 bits per heavy atom. The molecule has 0 aliphatic carbocycles. The molecule has 0 heterocycles. The monoisotopic (exact) mass is 322 g/mol. The van der Waals surface area contributed by atoms with E-state index < -0.39 is 11.9 Å². The van der Waals surface area contributed by atoms with Crippen LogP contribution in [-0.2, 0) is 4.74 Å². The first-order chi connectivity index (χ1) is 11.2. The van der Waals surface area contributed by atoms with E-state index in [1.54, 1.807) is 12.1 Å². The number of esters is 1. The van der Waals surface area contributed by atoms with E-state index >= 15 is 0 Å². The number of hydrogen-bond acceptors (Lipinski definition) is 4. The molecule has 0 radical (unpaired) electrons. The molecule has 0 amide bonds. The highest BCUT2D eigenvalue weighted by Crippen LogP contribution is 2.12. The fraction of sp³-hybridized carbons (Fsp3) is 0.556. The van der Waals surface area contributed by atoms with Gasteiger partial charge in [0.05, 0.1) is 17.7 Å². The Balaban J connectivity index is 2.14. The molecule has 2 N–H and O–H groups in total. The Hall–Kier alpha value is -1.88. The summed E-state index contributed by atoms with van der Waals surface area (Å²) >= 11 is 0. The van der Waals surface area contributed by atoms with Crippen LogP contribution in [-0.4, -0.2) is 35.4 Å². The summed E-state index contributed by atoms with van der Waals surface area (Å²) in [6, 6.07) is 6.08. The normalized spacial score (nSPS) is 10.5. The lowest BCUT2D eigenvalue weighted by molar-refractivity contribution is 0.0487. The Labute approximate surface area is 137 Å². The highest BCUT2D eigenvalue weighted by Gasteiger charge is 2.16. The maximum Gasteiger partial charge on any atom is 0.339 e. The molecule has 1 rings (SSSR count). The molecule has 1 aromatic rings. The van der Waals surface area contributed by atoms with Gasteiger partial charge in [0.15, 0.2) is 0 Å². The van der Waals surface area contributed by atoms with E-state index in [1.165, 1.54) is 18.6 Å². The molecule has 1 aromatic carbocycles. The number of carboxylic acids is 1. The first kappa shape index (κ1) is 19.2. The number of ether oxygens (including phenoxy) is 1. The van der Waals surface area contributed by atoms with E-state index in [-0.39, 0.29) is 17.7 Å². The number of carbonyl (C=O) groups is 2. The van der Waals surface area contributed by atoms with Crippen LogP contribution in [0.3, 0.4) is 0 Å². The summed E-state index contributed by atoms with van der Waals surface area (Å²) in [7, 11) is 0. The topological polar surface area (TPSA) is 83.8 Å². The van der Waals surface area contributed by atoms with Crippen LogP contribution in [0.25, 0.3) is 0 Å². The first-order valence-corrected chi connectivity index (χ1v) is 8.27. The zero-order chi connectivity index (χ0) is 16.9. The molecule has 0 spiro atoms. The van der Waals surface area contributed by atoms with Crippen molar-refractivity contribution < 1.29 is 24.5 Å². The van der Waals surface area contributed by atoms with Gasteiger partial charge in [0.1, 0.15) is 0 Å². The second-order valence-corrected chi connectivity index (χ2v) is 5.54. The van der Waals surface area contributed by atoms with Crippen molar-refractivity contribution in [2.24, 2.45) is 0 Å². The van der Waals surface area contributed by atoms with E-state index in [0.717, 1.165) is 44.9 Å². The number of benzene rings is 1. The van der Waals surface area contributed by atoms with E-state index in [1.807, 2.05) is 0 Å². The van der Waals surface area contributed by atoms with Gasteiger partial charge < -0.3 is 14.9 Å². The van der Waals surface area contributed by atoms with Crippen LogP contribution in [0.4, 0.5) is 0 Å². The Kier molecular flexibility index (Phi) is 9.71. The molecule has 0 aliphatic heterocycles. The van der Waals surface area contributed by atoms with Gasteiger partial charge in [-0.25, -0.2) is 9.59 Å². The van der Waals surface area contributed by atoms with Gasteiger partial charge in [-0.2, -0.15) is 0 Å². The van der Waals surface area contributed by atoms with Crippen molar-refractivity contribution in [1.82, 2.24) is 0 Å². The molecule has 0 unspecified atom stereocenters. The molecule has 23 heavy (non-hydrogen) atoms. The highest BCUT2D eigenvalue weighted by atomic mass is 16.5. The number of aromatic carboxylic acids is 1. The van der Waals surface area contributed by atoms with E-state index in [9.17, 15) is 9.59 Å². The van der Waals surface area contributed by atoms with Crippen LogP contribution in [0.5, 0.6) is 0 Å². The molecule has 0 saturated heterocycles. The minimum Gasteiger partial charge on any atom is -0.478 e. The Morgan fingerprint density at radius 2 is 1.35 bits per heavy atom. The van der Waals surface area contributed by atoms with Crippen LogP contribution in [0, 0.1) is 0 Å². The quantitative estimate of drug-likeness (QED) is 0.453. The van der Waals surface area contributed by atoms with Crippen LogP contribution in [0.15, 0.2) is 24.3 Å². The summed E-state index contributed by atoms with van der Waals surface area (Å²) in [6.07, 6.45) is 8.33. The van der Waals surface area contributed by atoms with E-state index in [0.29, 0.717) is 6.61 Å². The van der Waals surface area contributed by atoms with Crippen molar-refractivity contribution in [2.45, 2.75) is 51.4 Å². The standard InChI is InChI=1S/C18H26O5/c19-13-9-5-3-1-2-4-6-10-14-23-18(22)16-12-8-7-11-15(16)17(20)21/h7-8,11-12,19H,1-6,9-10,13-14H2,(H,20,21). The van der Waals surface area contributed by atoms with Gasteiger partial charge in [0, 0.05) is 6.61 Å². The van der Waals surface area contributed by atoms with E-state index in [2.05, 4.69) is 0 Å². The minimum atomic E-state index is -1.13. The number of carbonyl (C=O) groups excluding carboxylic acids is 1. The molecule has 0 atom stereocenters. The number of hydrogen-bond donors (Lipinski definition) is 2. The third kappa shape index (κ3) is 7.79. The average molecular weight is 322 g/mol. The lowest BCUT2D eigenvalue weighted by Gasteiger charge is -2.07. The summed E-state index contributed by atoms with van der Waals surface area (Å²) < 4.78 is 5.15. The Morgan fingerprint density at radius 3 is 1.91 bits per heavy atom. The molecular weight excluding hydrogens is 296 g/mol. The predicted molar refractivity (Wildman–Crippen MR) is 87.7 cm³/mol.